The SMILES string of the molecule is CC[C@H](Oc1ccc2ccccc2c1)C(=O)N1CCCc2ccccc21. The van der Waals surface area contributed by atoms with Gasteiger partial charge in [0.2, 0.25) is 0 Å². The van der Waals surface area contributed by atoms with E-state index in [2.05, 4.69) is 18.2 Å². The number of hydrogen-bond donors (Lipinski definition) is 0. The molecule has 3 aromatic rings. The number of aryl methyl sites for hydroxylation is 1. The Balaban J connectivity index is 1.58. The van der Waals surface area contributed by atoms with E-state index in [0.29, 0.717) is 6.42 Å². The third kappa shape index (κ3) is 3.17. The van der Waals surface area contributed by atoms with E-state index < -0.39 is 6.10 Å². The Bertz CT molecular complexity index is 934. The minimum Gasteiger partial charge on any atom is -0.481 e. The second-order valence-corrected chi connectivity index (χ2v) is 6.75. The summed E-state index contributed by atoms with van der Waals surface area (Å²) in [4.78, 5) is 15.1. The lowest BCUT2D eigenvalue weighted by Crippen LogP contribution is -2.44. The molecule has 0 unspecified atom stereocenters. The lowest BCUT2D eigenvalue weighted by Gasteiger charge is -2.32. The number of carbonyl (C=O) groups excluding carboxylic acids is 1. The number of hydrogen-bond acceptors (Lipinski definition) is 2. The van der Waals surface area contributed by atoms with Crippen molar-refractivity contribution in [3.8, 4) is 5.75 Å². The highest BCUT2D eigenvalue weighted by atomic mass is 16.5. The van der Waals surface area contributed by atoms with Gasteiger partial charge in [-0.1, -0.05) is 55.5 Å². The molecule has 4 rings (SSSR count). The Morgan fingerprint density at radius 1 is 1.04 bits per heavy atom. The van der Waals surface area contributed by atoms with Crippen molar-refractivity contribution in [2.75, 3.05) is 11.4 Å². The van der Waals surface area contributed by atoms with Gasteiger partial charge in [-0.2, -0.15) is 0 Å². The number of carbonyl (C=O) groups is 1. The van der Waals surface area contributed by atoms with Gasteiger partial charge < -0.3 is 9.64 Å². The molecule has 0 bridgehead atoms. The molecule has 1 atom stereocenters. The van der Waals surface area contributed by atoms with Gasteiger partial charge in [-0.25, -0.2) is 0 Å². The first kappa shape index (κ1) is 16.6. The van der Waals surface area contributed by atoms with Crippen LogP contribution < -0.4 is 9.64 Å². The van der Waals surface area contributed by atoms with Gasteiger partial charge in [0, 0.05) is 12.2 Å². The van der Waals surface area contributed by atoms with E-state index in [9.17, 15) is 4.79 Å². The summed E-state index contributed by atoms with van der Waals surface area (Å²) in [5, 5.41) is 2.29. The summed E-state index contributed by atoms with van der Waals surface area (Å²) in [7, 11) is 0. The van der Waals surface area contributed by atoms with Crippen molar-refractivity contribution >= 4 is 22.4 Å². The lowest BCUT2D eigenvalue weighted by molar-refractivity contribution is -0.125. The van der Waals surface area contributed by atoms with Crippen LogP contribution >= 0.6 is 0 Å². The van der Waals surface area contributed by atoms with Crippen LogP contribution in [0.4, 0.5) is 5.69 Å². The average molecular weight is 345 g/mol. The second-order valence-electron chi connectivity index (χ2n) is 6.75. The number of amides is 1. The molecule has 1 amide bonds. The molecule has 0 saturated carbocycles. The smallest absolute Gasteiger partial charge is 0.268 e. The highest BCUT2D eigenvalue weighted by Crippen LogP contribution is 2.29. The van der Waals surface area contributed by atoms with Gasteiger partial charge in [0.05, 0.1) is 0 Å². The molecule has 0 aromatic heterocycles. The zero-order valence-corrected chi connectivity index (χ0v) is 15.0. The molecule has 0 aliphatic carbocycles. The monoisotopic (exact) mass is 345 g/mol. The van der Waals surface area contributed by atoms with Crippen molar-refractivity contribution in [2.45, 2.75) is 32.3 Å². The Labute approximate surface area is 154 Å². The van der Waals surface area contributed by atoms with E-state index in [1.807, 2.05) is 60.4 Å². The summed E-state index contributed by atoms with van der Waals surface area (Å²) < 4.78 is 6.11. The number of para-hydroxylation sites is 1. The number of anilines is 1. The molecule has 0 N–H and O–H groups in total. The third-order valence-corrected chi connectivity index (χ3v) is 5.02. The Morgan fingerprint density at radius 2 is 1.81 bits per heavy atom. The molecule has 0 radical (unpaired) electrons. The Morgan fingerprint density at radius 3 is 2.65 bits per heavy atom. The largest absolute Gasteiger partial charge is 0.481 e. The standard InChI is InChI=1S/C23H23NO2/c1-2-22(26-20-14-13-17-8-3-4-10-19(17)16-20)23(25)24-15-7-11-18-9-5-6-12-21(18)24/h3-6,8-10,12-14,16,22H,2,7,11,15H2,1H3/t22-/m0/s1. The molecular weight excluding hydrogens is 322 g/mol. The van der Waals surface area contributed by atoms with E-state index >= 15 is 0 Å². The molecule has 1 heterocycles. The molecular formula is C23H23NO2. The Hall–Kier alpha value is -2.81. The number of rotatable bonds is 4. The molecule has 0 saturated heterocycles. The molecule has 1 aliphatic heterocycles. The summed E-state index contributed by atoms with van der Waals surface area (Å²) in [5.41, 5.74) is 2.27. The van der Waals surface area contributed by atoms with Gasteiger partial charge in [0.25, 0.3) is 5.91 Å². The van der Waals surface area contributed by atoms with Crippen LogP contribution in [0.2, 0.25) is 0 Å². The highest BCUT2D eigenvalue weighted by Gasteiger charge is 2.29. The predicted octanol–water partition coefficient (Wildman–Crippen LogP) is 4.98. The summed E-state index contributed by atoms with van der Waals surface area (Å²) >= 11 is 0. The molecule has 0 spiro atoms. The number of ether oxygens (including phenoxy) is 1. The van der Waals surface area contributed by atoms with Crippen LogP contribution in [0.15, 0.2) is 66.7 Å². The molecule has 3 nitrogen and oxygen atoms in total. The van der Waals surface area contributed by atoms with Gasteiger partial charge in [-0.15, -0.1) is 0 Å². The van der Waals surface area contributed by atoms with Crippen LogP contribution in [-0.4, -0.2) is 18.6 Å². The van der Waals surface area contributed by atoms with E-state index in [0.717, 1.165) is 36.2 Å². The summed E-state index contributed by atoms with van der Waals surface area (Å²) in [6, 6.07) is 22.3. The zero-order valence-electron chi connectivity index (χ0n) is 15.0. The summed E-state index contributed by atoms with van der Waals surface area (Å²) in [5.74, 6) is 0.794. The maximum atomic E-state index is 13.2. The van der Waals surface area contributed by atoms with E-state index in [4.69, 9.17) is 4.74 Å². The first-order valence-electron chi connectivity index (χ1n) is 9.31. The maximum absolute atomic E-state index is 13.2. The van der Waals surface area contributed by atoms with Crippen LogP contribution in [0.25, 0.3) is 10.8 Å². The van der Waals surface area contributed by atoms with Crippen molar-refractivity contribution in [1.82, 2.24) is 0 Å². The van der Waals surface area contributed by atoms with Crippen LogP contribution in [0.1, 0.15) is 25.3 Å². The van der Waals surface area contributed by atoms with Crippen molar-refractivity contribution in [2.24, 2.45) is 0 Å². The highest BCUT2D eigenvalue weighted by molar-refractivity contribution is 5.98. The zero-order chi connectivity index (χ0) is 17.9. The van der Waals surface area contributed by atoms with Crippen LogP contribution in [0.5, 0.6) is 5.75 Å². The predicted molar refractivity (Wildman–Crippen MR) is 106 cm³/mol. The van der Waals surface area contributed by atoms with Crippen LogP contribution in [-0.2, 0) is 11.2 Å². The number of benzene rings is 3. The molecule has 3 aromatic carbocycles. The van der Waals surface area contributed by atoms with Crippen LogP contribution in [0.3, 0.4) is 0 Å². The fourth-order valence-electron chi connectivity index (χ4n) is 3.65. The maximum Gasteiger partial charge on any atom is 0.268 e. The van der Waals surface area contributed by atoms with E-state index in [-0.39, 0.29) is 5.91 Å². The molecule has 3 heteroatoms. The molecule has 0 fully saturated rings. The Kier molecular flexibility index (Phi) is 4.61. The van der Waals surface area contributed by atoms with Gasteiger partial charge in [-0.05, 0) is 53.8 Å². The van der Waals surface area contributed by atoms with E-state index in [1.54, 1.807) is 0 Å². The first-order valence-corrected chi connectivity index (χ1v) is 9.31. The fraction of sp³-hybridized carbons (Fsp3) is 0.261. The second kappa shape index (κ2) is 7.20. The minimum absolute atomic E-state index is 0.0489. The fourth-order valence-corrected chi connectivity index (χ4v) is 3.65. The van der Waals surface area contributed by atoms with Crippen molar-refractivity contribution in [3.63, 3.8) is 0 Å². The molecule has 26 heavy (non-hydrogen) atoms. The normalized spacial score (nSPS) is 14.7. The molecule has 1 aliphatic rings. The topological polar surface area (TPSA) is 29.5 Å². The summed E-state index contributed by atoms with van der Waals surface area (Å²) in [6.45, 7) is 2.76. The van der Waals surface area contributed by atoms with Gasteiger partial charge in [0.15, 0.2) is 6.10 Å². The van der Waals surface area contributed by atoms with Gasteiger partial charge in [-0.3, -0.25) is 4.79 Å². The first-order chi connectivity index (χ1) is 12.8. The van der Waals surface area contributed by atoms with Crippen LogP contribution in [0, 0.1) is 0 Å². The van der Waals surface area contributed by atoms with E-state index in [1.165, 1.54) is 10.9 Å². The van der Waals surface area contributed by atoms with Gasteiger partial charge in [0.1, 0.15) is 5.75 Å². The van der Waals surface area contributed by atoms with Gasteiger partial charge >= 0.3 is 0 Å². The van der Waals surface area contributed by atoms with Crippen molar-refractivity contribution in [1.29, 1.82) is 0 Å². The number of nitrogens with zero attached hydrogens (tertiary/aromatic N) is 1. The number of fused-ring (bicyclic) bond motifs is 2. The summed E-state index contributed by atoms with van der Waals surface area (Å²) in [6.07, 6.45) is 2.20. The minimum atomic E-state index is -0.470. The van der Waals surface area contributed by atoms with Crippen molar-refractivity contribution in [3.05, 3.63) is 72.3 Å². The quantitative estimate of drug-likeness (QED) is 0.668. The lowest BCUT2D eigenvalue weighted by atomic mass is 10.0. The third-order valence-electron chi connectivity index (χ3n) is 5.02. The average Bonchev–Trinajstić information content (AvgIpc) is 2.71. The van der Waals surface area contributed by atoms with Crippen molar-refractivity contribution < 1.29 is 9.53 Å². The molecule has 132 valence electrons.